The summed E-state index contributed by atoms with van der Waals surface area (Å²) in [4.78, 5) is 26.8. The number of benzene rings is 2. The largest absolute Gasteiger partial charge is 0.378 e. The fraction of sp³-hybridized carbons (Fsp3) is 0.296. The summed E-state index contributed by atoms with van der Waals surface area (Å²) in [6.45, 7) is 3.40. The van der Waals surface area contributed by atoms with E-state index in [0.717, 1.165) is 30.0 Å². The fourth-order valence-corrected chi connectivity index (χ4v) is 5.97. The van der Waals surface area contributed by atoms with Gasteiger partial charge in [-0.15, -0.1) is 0 Å². The standard InChI is InChI=1S/C27H29N7O4S/c35-26-24-23(11-12-28-26)31-27(29-17-18-3-1-2-4-22(18)33-39(36,37)21-9-10-21)32-25(24)30-19-5-7-20(8-6-19)34-13-15-38-16-14-34/h1-8,11-12,21,33H,9-10,13-17H2,(H,28,35)(H2,29,30,31,32). The van der Waals surface area contributed by atoms with Crippen LogP contribution in [0.1, 0.15) is 18.4 Å². The van der Waals surface area contributed by atoms with E-state index < -0.39 is 10.0 Å². The van der Waals surface area contributed by atoms with E-state index >= 15 is 0 Å². The molecule has 39 heavy (non-hydrogen) atoms. The van der Waals surface area contributed by atoms with Crippen LogP contribution in [0, 0.1) is 0 Å². The van der Waals surface area contributed by atoms with Crippen molar-refractivity contribution in [2.45, 2.75) is 24.6 Å². The van der Waals surface area contributed by atoms with Gasteiger partial charge in [0.2, 0.25) is 16.0 Å². The second-order valence-corrected chi connectivity index (χ2v) is 11.6. The van der Waals surface area contributed by atoms with E-state index in [9.17, 15) is 13.2 Å². The summed E-state index contributed by atoms with van der Waals surface area (Å²) >= 11 is 0. The molecule has 2 aromatic heterocycles. The van der Waals surface area contributed by atoms with E-state index in [1.54, 1.807) is 24.4 Å². The lowest BCUT2D eigenvalue weighted by atomic mass is 10.2. The van der Waals surface area contributed by atoms with Gasteiger partial charge in [0, 0.05) is 37.2 Å². The molecule has 0 spiro atoms. The molecule has 202 valence electrons. The van der Waals surface area contributed by atoms with Gasteiger partial charge < -0.3 is 25.3 Å². The number of hydrogen-bond donors (Lipinski definition) is 4. The number of hydrogen-bond acceptors (Lipinski definition) is 9. The second-order valence-electron chi connectivity index (χ2n) is 9.59. The number of ether oxygens (including phenoxy) is 1. The quantitative estimate of drug-likeness (QED) is 0.248. The minimum Gasteiger partial charge on any atom is -0.378 e. The van der Waals surface area contributed by atoms with Crippen LogP contribution in [-0.4, -0.2) is 54.9 Å². The topological polar surface area (TPSA) is 141 Å². The summed E-state index contributed by atoms with van der Waals surface area (Å²) in [5, 5.41) is 6.49. The summed E-state index contributed by atoms with van der Waals surface area (Å²) in [6, 6.07) is 16.9. The monoisotopic (exact) mass is 547 g/mol. The molecule has 3 heterocycles. The number of aromatic nitrogens is 3. The van der Waals surface area contributed by atoms with E-state index in [4.69, 9.17) is 4.74 Å². The Bertz CT molecular complexity index is 1650. The average Bonchev–Trinajstić information content (AvgIpc) is 3.80. The van der Waals surface area contributed by atoms with Crippen LogP contribution in [0.2, 0.25) is 0 Å². The first kappa shape index (κ1) is 25.1. The summed E-state index contributed by atoms with van der Waals surface area (Å²) < 4.78 is 33.1. The van der Waals surface area contributed by atoms with E-state index in [1.807, 2.05) is 36.4 Å². The zero-order valence-electron chi connectivity index (χ0n) is 21.2. The van der Waals surface area contributed by atoms with E-state index in [-0.39, 0.29) is 17.4 Å². The van der Waals surface area contributed by atoms with Gasteiger partial charge >= 0.3 is 0 Å². The number of nitrogens with one attached hydrogen (secondary N) is 4. The summed E-state index contributed by atoms with van der Waals surface area (Å²) in [5.41, 5.74) is 3.34. The highest BCUT2D eigenvalue weighted by Crippen LogP contribution is 2.31. The van der Waals surface area contributed by atoms with Gasteiger partial charge in [0.25, 0.3) is 5.56 Å². The third-order valence-electron chi connectivity index (χ3n) is 6.80. The molecule has 1 aliphatic carbocycles. The maximum absolute atomic E-state index is 12.7. The van der Waals surface area contributed by atoms with Crippen molar-refractivity contribution in [3.8, 4) is 0 Å². The Kier molecular flexibility index (Phi) is 6.79. The number of anilines is 5. The lowest BCUT2D eigenvalue weighted by Crippen LogP contribution is -2.36. The SMILES string of the molecule is O=c1[nH]ccc2nc(NCc3ccccc3NS(=O)(=O)C3CC3)nc(Nc3ccc(N4CCOCC4)cc3)c12. The van der Waals surface area contributed by atoms with E-state index in [2.05, 4.69) is 35.2 Å². The van der Waals surface area contributed by atoms with Crippen molar-refractivity contribution in [3.63, 3.8) is 0 Å². The van der Waals surface area contributed by atoms with E-state index in [1.165, 1.54) is 0 Å². The van der Waals surface area contributed by atoms with Crippen LogP contribution in [0.4, 0.5) is 28.8 Å². The lowest BCUT2D eigenvalue weighted by molar-refractivity contribution is 0.122. The van der Waals surface area contributed by atoms with Gasteiger partial charge in [-0.2, -0.15) is 4.98 Å². The third kappa shape index (κ3) is 5.66. The van der Waals surface area contributed by atoms with Crippen LogP contribution in [0.5, 0.6) is 0 Å². The molecule has 2 aromatic carbocycles. The van der Waals surface area contributed by atoms with Crippen LogP contribution in [-0.2, 0) is 21.3 Å². The highest BCUT2D eigenvalue weighted by Gasteiger charge is 2.36. The number of aromatic amines is 1. The predicted octanol–water partition coefficient (Wildman–Crippen LogP) is 3.41. The minimum atomic E-state index is -3.40. The lowest BCUT2D eigenvalue weighted by Gasteiger charge is -2.28. The van der Waals surface area contributed by atoms with Crippen LogP contribution >= 0.6 is 0 Å². The second kappa shape index (κ2) is 10.5. The Labute approximate surface area is 225 Å². The van der Waals surface area contributed by atoms with Gasteiger partial charge in [-0.05, 0) is 54.8 Å². The number of morpholine rings is 1. The molecule has 4 N–H and O–H groups in total. The zero-order chi connectivity index (χ0) is 26.8. The van der Waals surface area contributed by atoms with Gasteiger partial charge in [-0.3, -0.25) is 9.52 Å². The number of para-hydroxylation sites is 1. The highest BCUT2D eigenvalue weighted by atomic mass is 32.2. The molecule has 1 saturated carbocycles. The molecule has 11 nitrogen and oxygen atoms in total. The average molecular weight is 548 g/mol. The van der Waals surface area contributed by atoms with Crippen LogP contribution < -0.4 is 25.8 Å². The van der Waals surface area contributed by atoms with Crippen molar-refractivity contribution in [2.75, 3.05) is 46.6 Å². The molecular formula is C27H29N7O4S. The number of nitrogens with zero attached hydrogens (tertiary/aromatic N) is 3. The van der Waals surface area contributed by atoms with Crippen molar-refractivity contribution >= 4 is 49.8 Å². The molecule has 0 bridgehead atoms. The minimum absolute atomic E-state index is 0.283. The van der Waals surface area contributed by atoms with Crippen molar-refractivity contribution in [1.29, 1.82) is 0 Å². The summed E-state index contributed by atoms with van der Waals surface area (Å²) in [7, 11) is -3.40. The Balaban J connectivity index is 1.24. The van der Waals surface area contributed by atoms with Crippen molar-refractivity contribution in [2.24, 2.45) is 0 Å². The summed E-state index contributed by atoms with van der Waals surface area (Å²) in [6.07, 6.45) is 2.92. The van der Waals surface area contributed by atoms with Crippen LogP contribution in [0.3, 0.4) is 0 Å². The van der Waals surface area contributed by atoms with Gasteiger partial charge in [-0.25, -0.2) is 13.4 Å². The predicted molar refractivity (Wildman–Crippen MR) is 152 cm³/mol. The first-order valence-corrected chi connectivity index (χ1v) is 14.4. The van der Waals surface area contributed by atoms with Gasteiger partial charge in [0.1, 0.15) is 11.2 Å². The van der Waals surface area contributed by atoms with Crippen LogP contribution in [0.15, 0.2) is 65.6 Å². The Hall–Kier alpha value is -4.16. The Morgan fingerprint density at radius 1 is 1.00 bits per heavy atom. The number of rotatable bonds is 9. The number of pyridine rings is 1. The smallest absolute Gasteiger partial charge is 0.261 e. The molecule has 2 fully saturated rings. The molecule has 6 rings (SSSR count). The number of H-pyrrole nitrogens is 1. The molecule has 4 aromatic rings. The van der Waals surface area contributed by atoms with Crippen LogP contribution in [0.25, 0.3) is 10.9 Å². The normalized spacial score (nSPS) is 15.7. The third-order valence-corrected chi connectivity index (χ3v) is 8.65. The van der Waals surface area contributed by atoms with Gasteiger partial charge in [0.05, 0.1) is 29.7 Å². The number of sulfonamides is 1. The molecule has 0 unspecified atom stereocenters. The van der Waals surface area contributed by atoms with Gasteiger partial charge in [-0.1, -0.05) is 18.2 Å². The molecular weight excluding hydrogens is 518 g/mol. The van der Waals surface area contributed by atoms with Gasteiger partial charge in [0.15, 0.2) is 0 Å². The van der Waals surface area contributed by atoms with Crippen molar-refractivity contribution in [1.82, 2.24) is 15.0 Å². The first-order valence-electron chi connectivity index (χ1n) is 12.9. The molecule has 2 aliphatic rings. The summed E-state index contributed by atoms with van der Waals surface area (Å²) in [5.74, 6) is 0.673. The Morgan fingerprint density at radius 2 is 1.77 bits per heavy atom. The van der Waals surface area contributed by atoms with E-state index in [0.29, 0.717) is 54.4 Å². The molecule has 1 saturated heterocycles. The Morgan fingerprint density at radius 3 is 2.54 bits per heavy atom. The molecule has 12 heteroatoms. The number of fused-ring (bicyclic) bond motifs is 1. The first-order chi connectivity index (χ1) is 19.0. The van der Waals surface area contributed by atoms with Crippen molar-refractivity contribution < 1.29 is 13.2 Å². The molecule has 0 atom stereocenters. The highest BCUT2D eigenvalue weighted by molar-refractivity contribution is 7.93. The maximum Gasteiger partial charge on any atom is 0.261 e. The molecule has 0 amide bonds. The maximum atomic E-state index is 12.7. The fourth-order valence-electron chi connectivity index (χ4n) is 4.54. The zero-order valence-corrected chi connectivity index (χ0v) is 22.0. The molecule has 0 radical (unpaired) electrons. The molecule has 1 aliphatic heterocycles. The van der Waals surface area contributed by atoms with Crippen molar-refractivity contribution in [3.05, 3.63) is 76.7 Å².